The van der Waals surface area contributed by atoms with Crippen LogP contribution >= 0.6 is 0 Å². The van der Waals surface area contributed by atoms with Crippen molar-refractivity contribution in [1.82, 2.24) is 9.97 Å². The van der Waals surface area contributed by atoms with E-state index in [4.69, 9.17) is 0 Å². The van der Waals surface area contributed by atoms with Crippen LogP contribution in [-0.2, 0) is 6.42 Å². The maximum Gasteiger partial charge on any atom is 0.164 e. The van der Waals surface area contributed by atoms with Crippen molar-refractivity contribution in [2.75, 3.05) is 0 Å². The largest absolute Gasteiger partial charge is 0.294 e. The zero-order valence-corrected chi connectivity index (χ0v) is 9.76. The smallest absolute Gasteiger partial charge is 0.164 e. The lowest BCUT2D eigenvalue weighted by atomic mass is 10.0. The van der Waals surface area contributed by atoms with Crippen molar-refractivity contribution in [2.24, 2.45) is 0 Å². The van der Waals surface area contributed by atoms with Crippen molar-refractivity contribution in [3.8, 4) is 0 Å². The Morgan fingerprint density at radius 3 is 2.59 bits per heavy atom. The van der Waals surface area contributed by atoms with Gasteiger partial charge in [-0.1, -0.05) is 0 Å². The summed E-state index contributed by atoms with van der Waals surface area (Å²) in [5, 5.41) is 0. The lowest BCUT2D eigenvalue weighted by molar-refractivity contribution is 0.0982. The van der Waals surface area contributed by atoms with E-state index in [0.29, 0.717) is 12.0 Å². The minimum absolute atomic E-state index is 0.134. The normalized spacial score (nSPS) is 10.2. The number of carbonyl (C=O) groups excluding carboxylic acids is 1. The van der Waals surface area contributed by atoms with Gasteiger partial charge in [-0.3, -0.25) is 14.8 Å². The van der Waals surface area contributed by atoms with E-state index in [9.17, 15) is 4.79 Å². The van der Waals surface area contributed by atoms with Crippen LogP contribution < -0.4 is 0 Å². The van der Waals surface area contributed by atoms with E-state index in [1.165, 1.54) is 0 Å². The maximum atomic E-state index is 11.9. The van der Waals surface area contributed by atoms with Gasteiger partial charge in [0.2, 0.25) is 0 Å². The van der Waals surface area contributed by atoms with Crippen LogP contribution in [-0.4, -0.2) is 15.8 Å². The lowest BCUT2D eigenvalue weighted by Gasteiger charge is -2.01. The molecule has 0 aliphatic heterocycles. The van der Waals surface area contributed by atoms with Gasteiger partial charge >= 0.3 is 0 Å². The first-order chi connectivity index (χ1) is 8.25. The van der Waals surface area contributed by atoms with Crippen LogP contribution in [0.2, 0.25) is 0 Å². The fraction of sp³-hybridized carbons (Fsp3) is 0.214. The van der Waals surface area contributed by atoms with Crippen LogP contribution in [0.25, 0.3) is 0 Å². The third kappa shape index (κ3) is 3.21. The van der Waals surface area contributed by atoms with Gasteiger partial charge in [-0.25, -0.2) is 0 Å². The first-order valence-electron chi connectivity index (χ1n) is 5.60. The Balaban J connectivity index is 1.96. The average molecular weight is 226 g/mol. The van der Waals surface area contributed by atoms with Crippen molar-refractivity contribution < 1.29 is 4.79 Å². The molecule has 0 aromatic carbocycles. The number of ketones is 1. The molecule has 86 valence electrons. The average Bonchev–Trinajstić information content (AvgIpc) is 2.38. The number of nitrogens with zero attached hydrogens (tertiary/aromatic N) is 2. The van der Waals surface area contributed by atoms with E-state index >= 15 is 0 Å². The molecule has 0 saturated carbocycles. The second kappa shape index (κ2) is 5.34. The summed E-state index contributed by atoms with van der Waals surface area (Å²) in [6.45, 7) is 1.91. The van der Waals surface area contributed by atoms with Gasteiger partial charge in [0.25, 0.3) is 0 Å². The molecule has 0 unspecified atom stereocenters. The minimum atomic E-state index is 0.134. The summed E-state index contributed by atoms with van der Waals surface area (Å²) in [6, 6.07) is 7.55. The van der Waals surface area contributed by atoms with E-state index in [1.54, 1.807) is 18.6 Å². The molecule has 2 heterocycles. The Labute approximate surface area is 101 Å². The molecule has 0 atom stereocenters. The molecule has 2 rings (SSSR count). The Morgan fingerprint density at radius 2 is 1.94 bits per heavy atom. The molecule has 3 nitrogen and oxygen atoms in total. The second-order valence-corrected chi connectivity index (χ2v) is 3.97. The highest BCUT2D eigenvalue weighted by Gasteiger charge is 2.06. The molecule has 0 saturated heterocycles. The van der Waals surface area contributed by atoms with Crippen LogP contribution in [0, 0.1) is 6.92 Å². The molecule has 0 aliphatic carbocycles. The van der Waals surface area contributed by atoms with Crippen molar-refractivity contribution in [3.63, 3.8) is 0 Å². The Hall–Kier alpha value is -2.03. The van der Waals surface area contributed by atoms with E-state index in [0.717, 1.165) is 17.7 Å². The van der Waals surface area contributed by atoms with Crippen LogP contribution in [0.3, 0.4) is 0 Å². The van der Waals surface area contributed by atoms with Gasteiger partial charge in [-0.05, 0) is 43.2 Å². The standard InChI is InChI=1S/C14H14N2O/c1-11-2-4-13(10-16-11)14(17)5-3-12-6-8-15-9-7-12/h2,4,6-10H,3,5H2,1H3. The zero-order valence-electron chi connectivity index (χ0n) is 9.76. The first-order valence-corrected chi connectivity index (χ1v) is 5.60. The summed E-state index contributed by atoms with van der Waals surface area (Å²) >= 11 is 0. The van der Waals surface area contributed by atoms with Gasteiger partial charge < -0.3 is 0 Å². The zero-order chi connectivity index (χ0) is 12.1. The maximum absolute atomic E-state index is 11.9. The van der Waals surface area contributed by atoms with Gasteiger partial charge in [0.1, 0.15) is 0 Å². The molecule has 2 aromatic rings. The Bertz CT molecular complexity index is 491. The summed E-state index contributed by atoms with van der Waals surface area (Å²) in [6.07, 6.45) is 6.38. The molecule has 0 spiro atoms. The monoisotopic (exact) mass is 226 g/mol. The molecule has 0 fully saturated rings. The molecule has 17 heavy (non-hydrogen) atoms. The minimum Gasteiger partial charge on any atom is -0.294 e. The number of rotatable bonds is 4. The van der Waals surface area contributed by atoms with Crippen LogP contribution in [0.1, 0.15) is 28.0 Å². The fourth-order valence-corrected chi connectivity index (χ4v) is 1.58. The Kier molecular flexibility index (Phi) is 3.60. The molecule has 3 heteroatoms. The Morgan fingerprint density at radius 1 is 1.18 bits per heavy atom. The number of pyridine rings is 2. The highest BCUT2D eigenvalue weighted by atomic mass is 16.1. The predicted molar refractivity (Wildman–Crippen MR) is 65.9 cm³/mol. The lowest BCUT2D eigenvalue weighted by Crippen LogP contribution is -2.02. The van der Waals surface area contributed by atoms with Crippen LogP contribution in [0.4, 0.5) is 0 Å². The molecule has 0 aliphatic rings. The predicted octanol–water partition coefficient (Wildman–Crippen LogP) is 2.60. The number of aromatic nitrogens is 2. The first kappa shape index (κ1) is 11.5. The van der Waals surface area contributed by atoms with Gasteiger partial charge in [0.15, 0.2) is 5.78 Å². The highest BCUT2D eigenvalue weighted by molar-refractivity contribution is 5.95. The summed E-state index contributed by atoms with van der Waals surface area (Å²) in [4.78, 5) is 19.9. The second-order valence-electron chi connectivity index (χ2n) is 3.97. The number of Topliss-reactive ketones (excluding diaryl/α,β-unsaturated/α-hetero) is 1. The van der Waals surface area contributed by atoms with Crippen molar-refractivity contribution in [2.45, 2.75) is 19.8 Å². The van der Waals surface area contributed by atoms with Crippen molar-refractivity contribution >= 4 is 5.78 Å². The molecule has 0 bridgehead atoms. The van der Waals surface area contributed by atoms with Crippen molar-refractivity contribution in [1.29, 1.82) is 0 Å². The van der Waals surface area contributed by atoms with Gasteiger partial charge in [-0.15, -0.1) is 0 Å². The molecular formula is C14H14N2O. The molecular weight excluding hydrogens is 212 g/mol. The SMILES string of the molecule is Cc1ccc(C(=O)CCc2ccncc2)cn1. The molecule has 0 amide bonds. The number of hydrogen-bond donors (Lipinski definition) is 0. The number of carbonyl (C=O) groups is 1. The summed E-state index contributed by atoms with van der Waals surface area (Å²) < 4.78 is 0. The summed E-state index contributed by atoms with van der Waals surface area (Å²) in [5.41, 5.74) is 2.74. The van der Waals surface area contributed by atoms with Crippen LogP contribution in [0.15, 0.2) is 42.9 Å². The molecule has 0 radical (unpaired) electrons. The van der Waals surface area contributed by atoms with Crippen LogP contribution in [0.5, 0.6) is 0 Å². The van der Waals surface area contributed by atoms with E-state index < -0.39 is 0 Å². The summed E-state index contributed by atoms with van der Waals surface area (Å²) in [7, 11) is 0. The van der Waals surface area contributed by atoms with Gasteiger partial charge in [0.05, 0.1) is 0 Å². The third-order valence-corrected chi connectivity index (χ3v) is 2.62. The third-order valence-electron chi connectivity index (χ3n) is 2.62. The fourth-order valence-electron chi connectivity index (χ4n) is 1.58. The topological polar surface area (TPSA) is 42.9 Å². The van der Waals surface area contributed by atoms with Gasteiger partial charge in [-0.2, -0.15) is 0 Å². The number of hydrogen-bond acceptors (Lipinski definition) is 3. The summed E-state index contributed by atoms with van der Waals surface area (Å²) in [5.74, 6) is 0.134. The van der Waals surface area contributed by atoms with Gasteiger partial charge in [0, 0.05) is 36.3 Å². The van der Waals surface area contributed by atoms with E-state index in [1.807, 2.05) is 31.2 Å². The van der Waals surface area contributed by atoms with Crippen molar-refractivity contribution in [3.05, 3.63) is 59.7 Å². The molecule has 2 aromatic heterocycles. The highest BCUT2D eigenvalue weighted by Crippen LogP contribution is 2.07. The van der Waals surface area contributed by atoms with E-state index in [2.05, 4.69) is 9.97 Å². The van der Waals surface area contributed by atoms with E-state index in [-0.39, 0.29) is 5.78 Å². The number of aryl methyl sites for hydroxylation is 2. The molecule has 0 N–H and O–H groups in total. The quantitative estimate of drug-likeness (QED) is 0.752.